The van der Waals surface area contributed by atoms with E-state index in [9.17, 15) is 31.9 Å². The van der Waals surface area contributed by atoms with Crippen molar-refractivity contribution in [1.29, 1.82) is 0 Å². The Morgan fingerprint density at radius 1 is 1.29 bits per heavy atom. The Morgan fingerprint density at radius 3 is 2.42 bits per heavy atom. The number of benzene rings is 1. The number of hydrogen-bond donors (Lipinski definition) is 1. The first-order valence-electron chi connectivity index (χ1n) is 6.73. The molecule has 0 radical (unpaired) electrons. The van der Waals surface area contributed by atoms with E-state index in [0.29, 0.717) is 5.56 Å². The van der Waals surface area contributed by atoms with Crippen molar-refractivity contribution in [2.45, 2.75) is 38.0 Å². The van der Waals surface area contributed by atoms with Gasteiger partial charge in [-0.25, -0.2) is 4.74 Å². The van der Waals surface area contributed by atoms with Gasteiger partial charge in [0.2, 0.25) is 5.91 Å². The van der Waals surface area contributed by atoms with E-state index in [-0.39, 0.29) is 10.7 Å². The summed E-state index contributed by atoms with van der Waals surface area (Å²) in [5, 5.41) is 13.5. The van der Waals surface area contributed by atoms with Crippen LogP contribution in [0.3, 0.4) is 0 Å². The molecule has 1 aliphatic heterocycles. The SMILES string of the molecule is CC1=NN(C(=O)Cc2ccccc2)[C@@](O)(C(F)(F)OC(F)(F)F)C1. The van der Waals surface area contributed by atoms with E-state index in [1.165, 1.54) is 19.1 Å². The van der Waals surface area contributed by atoms with E-state index in [0.717, 1.165) is 0 Å². The zero-order valence-corrected chi connectivity index (χ0v) is 12.3. The molecule has 1 N–H and O–H groups in total. The summed E-state index contributed by atoms with van der Waals surface area (Å²) in [6.07, 6.45) is -12.2. The van der Waals surface area contributed by atoms with Crippen molar-refractivity contribution in [3.63, 3.8) is 0 Å². The van der Waals surface area contributed by atoms with E-state index >= 15 is 0 Å². The summed E-state index contributed by atoms with van der Waals surface area (Å²) >= 11 is 0. The molecule has 0 aliphatic carbocycles. The second-order valence-electron chi connectivity index (χ2n) is 5.26. The molecule has 2 rings (SSSR count). The number of carbonyl (C=O) groups excluding carboxylic acids is 1. The fraction of sp³-hybridized carbons (Fsp3) is 0.429. The Kier molecular flexibility index (Phi) is 4.64. The van der Waals surface area contributed by atoms with E-state index in [1.54, 1.807) is 18.2 Å². The first kappa shape index (κ1) is 18.3. The highest BCUT2D eigenvalue weighted by Crippen LogP contribution is 2.43. The van der Waals surface area contributed by atoms with E-state index in [4.69, 9.17) is 0 Å². The van der Waals surface area contributed by atoms with Crippen LogP contribution < -0.4 is 0 Å². The summed E-state index contributed by atoms with van der Waals surface area (Å²) in [6.45, 7) is 1.20. The number of rotatable bonds is 4. The summed E-state index contributed by atoms with van der Waals surface area (Å²) in [5.41, 5.74) is -3.27. The van der Waals surface area contributed by atoms with Crippen LogP contribution in [0.5, 0.6) is 0 Å². The van der Waals surface area contributed by atoms with Gasteiger partial charge in [-0.2, -0.15) is 18.9 Å². The van der Waals surface area contributed by atoms with Crippen molar-refractivity contribution in [3.05, 3.63) is 35.9 Å². The fourth-order valence-electron chi connectivity index (χ4n) is 2.28. The molecule has 5 nitrogen and oxygen atoms in total. The van der Waals surface area contributed by atoms with Crippen LogP contribution in [0.1, 0.15) is 18.9 Å². The van der Waals surface area contributed by atoms with Gasteiger partial charge in [-0.05, 0) is 12.5 Å². The lowest BCUT2D eigenvalue weighted by atomic mass is 10.1. The number of amides is 1. The van der Waals surface area contributed by atoms with Crippen molar-refractivity contribution in [3.8, 4) is 0 Å². The lowest BCUT2D eigenvalue weighted by Crippen LogP contribution is -2.61. The van der Waals surface area contributed by atoms with Gasteiger partial charge in [-0.3, -0.25) is 4.79 Å². The van der Waals surface area contributed by atoms with Gasteiger partial charge in [0.15, 0.2) is 0 Å². The van der Waals surface area contributed by atoms with Gasteiger partial charge in [0.1, 0.15) is 0 Å². The van der Waals surface area contributed by atoms with Crippen molar-refractivity contribution in [1.82, 2.24) is 5.01 Å². The summed E-state index contributed by atoms with van der Waals surface area (Å²) < 4.78 is 67.1. The van der Waals surface area contributed by atoms with Gasteiger partial charge >= 0.3 is 12.5 Å². The first-order chi connectivity index (χ1) is 10.9. The normalized spacial score (nSPS) is 21.8. The lowest BCUT2D eigenvalue weighted by molar-refractivity contribution is -0.469. The second-order valence-corrected chi connectivity index (χ2v) is 5.26. The highest BCUT2D eigenvalue weighted by Gasteiger charge is 2.66. The molecule has 132 valence electrons. The van der Waals surface area contributed by atoms with Crippen molar-refractivity contribution >= 4 is 11.6 Å². The van der Waals surface area contributed by atoms with Crippen LogP contribution in [0, 0.1) is 0 Å². The Labute approximate surface area is 133 Å². The smallest absolute Gasteiger partial charge is 0.362 e. The molecule has 1 aliphatic rings. The maximum Gasteiger partial charge on any atom is 0.527 e. The third-order valence-corrected chi connectivity index (χ3v) is 3.27. The van der Waals surface area contributed by atoms with Crippen LogP contribution in [-0.4, -0.2) is 39.9 Å². The van der Waals surface area contributed by atoms with Crippen LogP contribution >= 0.6 is 0 Å². The number of carbonyl (C=O) groups is 1. The number of ether oxygens (including phenoxy) is 1. The summed E-state index contributed by atoms with van der Waals surface area (Å²) in [7, 11) is 0. The highest BCUT2D eigenvalue weighted by molar-refractivity contribution is 5.89. The molecule has 1 aromatic rings. The molecule has 1 atom stereocenters. The van der Waals surface area contributed by atoms with E-state index in [1.807, 2.05) is 0 Å². The largest absolute Gasteiger partial charge is 0.527 e. The van der Waals surface area contributed by atoms with Crippen LogP contribution in [0.4, 0.5) is 22.0 Å². The molecule has 0 saturated carbocycles. The topological polar surface area (TPSA) is 62.1 Å². The maximum absolute atomic E-state index is 13.9. The second kappa shape index (κ2) is 6.10. The zero-order chi connectivity index (χ0) is 18.2. The summed E-state index contributed by atoms with van der Waals surface area (Å²) in [5.74, 6) is -1.09. The van der Waals surface area contributed by atoms with Crippen LogP contribution in [0.15, 0.2) is 35.4 Å². The van der Waals surface area contributed by atoms with Gasteiger partial charge in [0, 0.05) is 12.1 Å². The number of hydrogen-bond acceptors (Lipinski definition) is 4. The van der Waals surface area contributed by atoms with E-state index < -0.39 is 36.9 Å². The molecule has 0 fully saturated rings. The van der Waals surface area contributed by atoms with Crippen LogP contribution in [-0.2, 0) is 16.0 Å². The molecule has 1 heterocycles. The van der Waals surface area contributed by atoms with Gasteiger partial charge in [-0.1, -0.05) is 30.3 Å². The standard InChI is InChI=1S/C14H13F5N2O3/c1-9-8-12(23,13(15,16)24-14(17,18)19)21(20-9)11(22)7-10-5-3-2-4-6-10/h2-6,23H,7-8H2,1H3/t12-/m0/s1. The van der Waals surface area contributed by atoms with Gasteiger partial charge in [0.25, 0.3) is 5.72 Å². The average molecular weight is 352 g/mol. The third-order valence-electron chi connectivity index (χ3n) is 3.27. The maximum atomic E-state index is 13.9. The van der Waals surface area contributed by atoms with Crippen molar-refractivity contribution in [2.75, 3.05) is 0 Å². The predicted molar refractivity (Wildman–Crippen MR) is 71.8 cm³/mol. The number of hydrazone groups is 1. The molecule has 0 aromatic heterocycles. The highest BCUT2D eigenvalue weighted by atomic mass is 19.4. The third kappa shape index (κ3) is 3.70. The van der Waals surface area contributed by atoms with Gasteiger partial charge in [-0.15, -0.1) is 13.2 Å². The Balaban J connectivity index is 2.27. The molecule has 0 saturated heterocycles. The summed E-state index contributed by atoms with van der Waals surface area (Å²) in [4.78, 5) is 12.2. The number of halogens is 5. The average Bonchev–Trinajstić information content (AvgIpc) is 2.74. The molecule has 10 heteroatoms. The van der Waals surface area contributed by atoms with Crippen molar-refractivity contribution in [2.24, 2.45) is 5.10 Å². The van der Waals surface area contributed by atoms with Gasteiger partial charge < -0.3 is 5.11 Å². The molecule has 0 unspecified atom stereocenters. The minimum atomic E-state index is -5.70. The number of aliphatic hydroxyl groups is 1. The molecular formula is C14H13F5N2O3. The lowest BCUT2D eigenvalue weighted by Gasteiger charge is -2.36. The number of nitrogens with zero attached hydrogens (tertiary/aromatic N) is 2. The van der Waals surface area contributed by atoms with Gasteiger partial charge in [0.05, 0.1) is 6.42 Å². The first-order valence-corrected chi connectivity index (χ1v) is 6.73. The minimum Gasteiger partial charge on any atom is -0.362 e. The Bertz CT molecular complexity index is 648. The van der Waals surface area contributed by atoms with E-state index in [2.05, 4.69) is 9.84 Å². The fourth-order valence-corrected chi connectivity index (χ4v) is 2.28. The summed E-state index contributed by atoms with van der Waals surface area (Å²) in [6, 6.07) is 7.89. The zero-order valence-electron chi connectivity index (χ0n) is 12.3. The monoisotopic (exact) mass is 352 g/mol. The predicted octanol–water partition coefficient (Wildman–Crippen LogP) is 2.66. The molecule has 24 heavy (non-hydrogen) atoms. The molecule has 1 amide bonds. The van der Waals surface area contributed by atoms with Crippen LogP contribution in [0.25, 0.3) is 0 Å². The Morgan fingerprint density at radius 2 is 1.88 bits per heavy atom. The van der Waals surface area contributed by atoms with Crippen molar-refractivity contribution < 1.29 is 36.6 Å². The Hall–Kier alpha value is -2.07. The number of alkyl halides is 5. The molecule has 1 aromatic carbocycles. The molecule has 0 bridgehead atoms. The minimum absolute atomic E-state index is 0.0406. The molecule has 0 spiro atoms. The van der Waals surface area contributed by atoms with Crippen LogP contribution in [0.2, 0.25) is 0 Å². The quantitative estimate of drug-likeness (QED) is 0.848. The molecular weight excluding hydrogens is 339 g/mol.